The molecule has 0 rings (SSSR count). The molecule has 0 aromatic carbocycles. The van der Waals surface area contributed by atoms with E-state index in [0.29, 0.717) is 17.4 Å². The topological polar surface area (TPSA) is 108 Å². The first-order valence-electron chi connectivity index (χ1n) is 23.2. The van der Waals surface area contributed by atoms with Crippen molar-refractivity contribution in [2.24, 2.45) is 0 Å². The number of hydrogen-bond donors (Lipinski definition) is 2. The molecule has 2 N–H and O–H groups in total. The van der Waals surface area contributed by atoms with Crippen LogP contribution in [0.3, 0.4) is 0 Å². The molecule has 0 aliphatic heterocycles. The molecule has 1 amide bonds. The number of rotatable bonds is 42. The summed E-state index contributed by atoms with van der Waals surface area (Å²) in [6.07, 6.45) is 45.0. The maximum atomic E-state index is 12.9. The number of unbranched alkanes of at least 4 members (excludes halogenated alkanes) is 27. The summed E-state index contributed by atoms with van der Waals surface area (Å²) in [5, 5.41) is 13.8. The van der Waals surface area contributed by atoms with E-state index in [1.165, 1.54) is 141 Å². The molecule has 326 valence electrons. The molecule has 55 heavy (non-hydrogen) atoms. The van der Waals surface area contributed by atoms with Crippen molar-refractivity contribution in [3.63, 3.8) is 0 Å². The number of hydrogen-bond acceptors (Lipinski definition) is 6. The minimum Gasteiger partial charge on any atom is -0.756 e. The molecule has 3 unspecified atom stereocenters. The van der Waals surface area contributed by atoms with Crippen LogP contribution in [-0.4, -0.2) is 68.5 Å². The van der Waals surface area contributed by atoms with Crippen molar-refractivity contribution in [2.75, 3.05) is 40.9 Å². The molecule has 0 aliphatic rings. The summed E-state index contributed by atoms with van der Waals surface area (Å²) >= 11 is 0. The molecule has 0 aromatic rings. The Labute approximate surface area is 341 Å². The highest BCUT2D eigenvalue weighted by molar-refractivity contribution is 7.45. The van der Waals surface area contributed by atoms with Crippen LogP contribution in [0.2, 0.25) is 0 Å². The summed E-state index contributed by atoms with van der Waals surface area (Å²) in [4.78, 5) is 25.3. The lowest BCUT2D eigenvalue weighted by Gasteiger charge is -2.29. The normalized spacial score (nSPS) is 14.5. The SMILES string of the molecule is CCCCCCCCCCC/C=C\CCCCCCCC(=O)NC(COP(=O)([O-])OCC[N+](C)(C)C)C(O)/C=C/CCCCCCCCCCCCCCC. The van der Waals surface area contributed by atoms with Gasteiger partial charge in [0.05, 0.1) is 39.9 Å². The number of carbonyl (C=O) groups is 1. The predicted octanol–water partition coefficient (Wildman–Crippen LogP) is 12.3. The molecule has 0 saturated carbocycles. The van der Waals surface area contributed by atoms with E-state index in [0.717, 1.165) is 51.4 Å². The fourth-order valence-electron chi connectivity index (χ4n) is 6.68. The van der Waals surface area contributed by atoms with E-state index < -0.39 is 20.0 Å². The van der Waals surface area contributed by atoms with Gasteiger partial charge in [-0.25, -0.2) is 0 Å². The lowest BCUT2D eigenvalue weighted by atomic mass is 10.0. The summed E-state index contributed by atoms with van der Waals surface area (Å²) in [6.45, 7) is 4.65. The number of allylic oxidation sites excluding steroid dienone is 3. The lowest BCUT2D eigenvalue weighted by molar-refractivity contribution is -0.870. The predicted molar refractivity (Wildman–Crippen MR) is 233 cm³/mol. The van der Waals surface area contributed by atoms with E-state index in [4.69, 9.17) is 9.05 Å². The lowest BCUT2D eigenvalue weighted by Crippen LogP contribution is -2.45. The quantitative estimate of drug-likeness (QED) is 0.0276. The molecule has 0 saturated heterocycles. The van der Waals surface area contributed by atoms with Crippen molar-refractivity contribution in [3.05, 3.63) is 24.3 Å². The van der Waals surface area contributed by atoms with E-state index in [1.54, 1.807) is 6.08 Å². The Balaban J connectivity index is 4.40. The van der Waals surface area contributed by atoms with E-state index in [9.17, 15) is 19.4 Å². The smallest absolute Gasteiger partial charge is 0.268 e. The molecule has 0 bridgehead atoms. The number of likely N-dealkylation sites (N-methyl/N-ethyl adjacent to an activating group) is 1. The summed E-state index contributed by atoms with van der Waals surface area (Å²) in [5.74, 6) is -0.205. The number of nitrogens with one attached hydrogen (secondary N) is 1. The number of aliphatic hydroxyl groups is 1. The zero-order chi connectivity index (χ0) is 40.7. The van der Waals surface area contributed by atoms with Gasteiger partial charge in [0, 0.05) is 6.42 Å². The molecule has 3 atom stereocenters. The highest BCUT2D eigenvalue weighted by atomic mass is 31.2. The largest absolute Gasteiger partial charge is 0.756 e. The molecule has 9 heteroatoms. The summed E-state index contributed by atoms with van der Waals surface area (Å²) in [7, 11) is 1.26. The molecule has 8 nitrogen and oxygen atoms in total. The number of phosphoric ester groups is 1. The van der Waals surface area contributed by atoms with Crippen molar-refractivity contribution in [1.82, 2.24) is 5.32 Å². The maximum absolute atomic E-state index is 12.9. The van der Waals surface area contributed by atoms with Gasteiger partial charge in [0.2, 0.25) is 5.91 Å². The van der Waals surface area contributed by atoms with E-state index in [2.05, 4.69) is 31.3 Å². The molecule has 0 radical (unpaired) electrons. The third-order valence-electron chi connectivity index (χ3n) is 10.4. The molecular formula is C46H91N2O6P. The van der Waals surface area contributed by atoms with Crippen LogP contribution >= 0.6 is 7.82 Å². The Kier molecular flexibility index (Phi) is 37.8. The van der Waals surface area contributed by atoms with Crippen LogP contribution in [0, 0.1) is 0 Å². The van der Waals surface area contributed by atoms with Crippen LogP contribution in [0.1, 0.15) is 213 Å². The summed E-state index contributed by atoms with van der Waals surface area (Å²) < 4.78 is 23.2. The molecule has 0 aromatic heterocycles. The zero-order valence-electron chi connectivity index (χ0n) is 36.9. The second-order valence-electron chi connectivity index (χ2n) is 17.1. The summed E-state index contributed by atoms with van der Waals surface area (Å²) in [6, 6.07) is -0.887. The van der Waals surface area contributed by atoms with Crippen LogP contribution in [0.15, 0.2) is 24.3 Å². The first-order valence-corrected chi connectivity index (χ1v) is 24.7. The first-order chi connectivity index (χ1) is 26.5. The van der Waals surface area contributed by atoms with Gasteiger partial charge in [-0.3, -0.25) is 9.36 Å². The fourth-order valence-corrected chi connectivity index (χ4v) is 7.40. The highest BCUT2D eigenvalue weighted by Gasteiger charge is 2.23. The Morgan fingerprint density at radius 1 is 0.618 bits per heavy atom. The monoisotopic (exact) mass is 799 g/mol. The number of quaternary nitrogens is 1. The third kappa shape index (κ3) is 41.0. The van der Waals surface area contributed by atoms with Gasteiger partial charge in [-0.1, -0.05) is 186 Å². The van der Waals surface area contributed by atoms with Gasteiger partial charge in [0.15, 0.2) is 0 Å². The Morgan fingerprint density at radius 2 is 1.00 bits per heavy atom. The van der Waals surface area contributed by atoms with Gasteiger partial charge in [-0.2, -0.15) is 0 Å². The number of carbonyl (C=O) groups excluding carboxylic acids is 1. The van der Waals surface area contributed by atoms with Crippen LogP contribution in [-0.2, 0) is 18.4 Å². The van der Waals surface area contributed by atoms with Crippen molar-refractivity contribution >= 4 is 13.7 Å². The zero-order valence-corrected chi connectivity index (χ0v) is 37.8. The third-order valence-corrected chi connectivity index (χ3v) is 11.4. The van der Waals surface area contributed by atoms with Crippen molar-refractivity contribution in [2.45, 2.75) is 225 Å². The highest BCUT2D eigenvalue weighted by Crippen LogP contribution is 2.38. The Bertz CT molecular complexity index is 953. The minimum atomic E-state index is -4.59. The van der Waals surface area contributed by atoms with Crippen molar-refractivity contribution in [1.29, 1.82) is 0 Å². The van der Waals surface area contributed by atoms with Crippen molar-refractivity contribution < 1.29 is 32.9 Å². The van der Waals surface area contributed by atoms with Gasteiger partial charge >= 0.3 is 0 Å². The average Bonchev–Trinajstić information content (AvgIpc) is 3.13. The molecule has 0 aliphatic carbocycles. The van der Waals surface area contributed by atoms with Gasteiger partial charge in [0.25, 0.3) is 7.82 Å². The minimum absolute atomic E-state index is 0.00146. The molecule has 0 heterocycles. The van der Waals surface area contributed by atoms with Crippen LogP contribution in [0.5, 0.6) is 0 Å². The second kappa shape index (κ2) is 38.5. The van der Waals surface area contributed by atoms with Crippen molar-refractivity contribution in [3.8, 4) is 0 Å². The van der Waals surface area contributed by atoms with Gasteiger partial charge in [-0.15, -0.1) is 0 Å². The molecule has 0 spiro atoms. The van der Waals surface area contributed by atoms with Gasteiger partial charge < -0.3 is 28.8 Å². The van der Waals surface area contributed by atoms with Crippen LogP contribution in [0.25, 0.3) is 0 Å². The molecular weight excluding hydrogens is 707 g/mol. The van der Waals surface area contributed by atoms with E-state index in [1.807, 2.05) is 27.2 Å². The molecule has 0 fully saturated rings. The number of amides is 1. The first kappa shape index (κ1) is 54.0. The van der Waals surface area contributed by atoms with Gasteiger partial charge in [-0.05, 0) is 44.9 Å². The van der Waals surface area contributed by atoms with E-state index >= 15 is 0 Å². The van der Waals surface area contributed by atoms with Crippen LogP contribution in [0.4, 0.5) is 0 Å². The van der Waals surface area contributed by atoms with Crippen LogP contribution < -0.4 is 10.2 Å². The fraction of sp³-hybridized carbons (Fsp3) is 0.891. The number of phosphoric acid groups is 1. The standard InChI is InChI=1S/C46H91N2O6P/c1-6-8-10-12-14-16-18-20-22-23-24-26-28-30-32-34-36-38-40-46(50)47-44(43-54-55(51,52)53-42-41-48(3,4)5)45(49)39-37-35-33-31-29-27-25-21-19-17-15-13-11-9-7-2/h24,26,37,39,44-45,49H,6-23,25,27-36,38,40-43H2,1-5H3,(H-,47,50,51,52)/b26-24-,39-37+. The van der Waals surface area contributed by atoms with Gasteiger partial charge in [0.1, 0.15) is 13.2 Å². The van der Waals surface area contributed by atoms with E-state index in [-0.39, 0.29) is 19.1 Å². The number of aliphatic hydroxyl groups excluding tert-OH is 1. The average molecular weight is 799 g/mol. The Hall–Kier alpha value is -1.02. The summed E-state index contributed by atoms with van der Waals surface area (Å²) in [5.41, 5.74) is 0. The maximum Gasteiger partial charge on any atom is 0.268 e. The second-order valence-corrected chi connectivity index (χ2v) is 18.5. The Morgan fingerprint density at radius 3 is 1.42 bits per heavy atom. The number of nitrogens with zero attached hydrogens (tertiary/aromatic N) is 1.